The zero-order valence-corrected chi connectivity index (χ0v) is 12.9. The van der Waals surface area contributed by atoms with Crippen molar-refractivity contribution >= 4 is 0 Å². The van der Waals surface area contributed by atoms with E-state index in [9.17, 15) is 5.11 Å². The first kappa shape index (κ1) is 15.3. The molecule has 0 amide bonds. The van der Waals surface area contributed by atoms with Gasteiger partial charge in [-0.1, -0.05) is 32.9 Å². The molecular weight excluding hydrogens is 250 g/mol. The van der Waals surface area contributed by atoms with E-state index in [1.165, 1.54) is 18.4 Å². The van der Waals surface area contributed by atoms with Gasteiger partial charge in [-0.3, -0.25) is 0 Å². The fraction of sp³-hybridized carbons (Fsp3) is 0.647. The second kappa shape index (κ2) is 6.59. The molecule has 0 aromatic heterocycles. The first-order chi connectivity index (χ1) is 9.49. The third-order valence-electron chi connectivity index (χ3n) is 3.70. The van der Waals surface area contributed by atoms with E-state index in [4.69, 9.17) is 4.74 Å². The SMILES string of the molecule is CC(C)(C)c1cccc(OCCC(CO)NC2CC2)c1. The minimum atomic E-state index is 0.139. The maximum atomic E-state index is 9.33. The lowest BCUT2D eigenvalue weighted by Crippen LogP contribution is -2.35. The normalized spacial score (nSPS) is 17.0. The molecule has 3 heteroatoms. The standard InChI is InChI=1S/C17H27NO2/c1-17(2,3)13-5-4-6-16(11-13)20-10-9-15(12-19)18-14-7-8-14/h4-6,11,14-15,18-19H,7-10,12H2,1-3H3. The zero-order valence-electron chi connectivity index (χ0n) is 12.9. The fourth-order valence-corrected chi connectivity index (χ4v) is 2.18. The van der Waals surface area contributed by atoms with Gasteiger partial charge in [-0.15, -0.1) is 0 Å². The van der Waals surface area contributed by atoms with Crippen molar-refractivity contribution in [2.24, 2.45) is 0 Å². The number of nitrogens with one attached hydrogen (secondary N) is 1. The molecule has 0 heterocycles. The number of hydrogen-bond donors (Lipinski definition) is 2. The highest BCUT2D eigenvalue weighted by Crippen LogP contribution is 2.25. The van der Waals surface area contributed by atoms with Crippen molar-refractivity contribution in [3.8, 4) is 5.75 Å². The highest BCUT2D eigenvalue weighted by molar-refractivity contribution is 5.32. The molecule has 20 heavy (non-hydrogen) atoms. The predicted octanol–water partition coefficient (Wildman–Crippen LogP) is 2.87. The van der Waals surface area contributed by atoms with E-state index in [1.54, 1.807) is 0 Å². The third-order valence-corrected chi connectivity index (χ3v) is 3.70. The van der Waals surface area contributed by atoms with E-state index in [0.717, 1.165) is 12.2 Å². The maximum absolute atomic E-state index is 9.33. The molecule has 0 bridgehead atoms. The molecule has 1 aromatic rings. The molecule has 0 aliphatic heterocycles. The number of ether oxygens (including phenoxy) is 1. The molecule has 0 spiro atoms. The quantitative estimate of drug-likeness (QED) is 0.805. The van der Waals surface area contributed by atoms with Gasteiger partial charge in [0.05, 0.1) is 13.2 Å². The van der Waals surface area contributed by atoms with Crippen LogP contribution < -0.4 is 10.1 Å². The summed E-state index contributed by atoms with van der Waals surface area (Å²) in [6, 6.07) is 9.07. The van der Waals surface area contributed by atoms with Crippen LogP contribution in [0.4, 0.5) is 0 Å². The summed E-state index contributed by atoms with van der Waals surface area (Å²) in [5.41, 5.74) is 1.42. The summed E-state index contributed by atoms with van der Waals surface area (Å²) < 4.78 is 5.83. The number of aliphatic hydroxyl groups excluding tert-OH is 1. The first-order valence-corrected chi connectivity index (χ1v) is 7.59. The van der Waals surface area contributed by atoms with Crippen LogP contribution in [0.5, 0.6) is 5.75 Å². The minimum Gasteiger partial charge on any atom is -0.494 e. The predicted molar refractivity (Wildman–Crippen MR) is 82.3 cm³/mol. The molecule has 1 aliphatic rings. The Kier molecular flexibility index (Phi) is 5.06. The van der Waals surface area contributed by atoms with Crippen molar-refractivity contribution in [2.45, 2.75) is 57.5 Å². The lowest BCUT2D eigenvalue weighted by molar-refractivity contribution is 0.207. The van der Waals surface area contributed by atoms with E-state index < -0.39 is 0 Å². The second-order valence-electron chi connectivity index (χ2n) is 6.74. The lowest BCUT2D eigenvalue weighted by Gasteiger charge is -2.20. The Morgan fingerprint density at radius 3 is 2.70 bits per heavy atom. The van der Waals surface area contributed by atoms with Crippen molar-refractivity contribution in [2.75, 3.05) is 13.2 Å². The van der Waals surface area contributed by atoms with Crippen molar-refractivity contribution in [1.29, 1.82) is 0 Å². The second-order valence-corrected chi connectivity index (χ2v) is 6.74. The molecule has 2 N–H and O–H groups in total. The number of hydrogen-bond acceptors (Lipinski definition) is 3. The van der Waals surface area contributed by atoms with E-state index in [-0.39, 0.29) is 18.1 Å². The van der Waals surface area contributed by atoms with Gasteiger partial charge >= 0.3 is 0 Å². The highest BCUT2D eigenvalue weighted by Gasteiger charge is 2.24. The van der Waals surface area contributed by atoms with Crippen LogP contribution in [0.1, 0.15) is 45.6 Å². The van der Waals surface area contributed by atoms with Crippen molar-refractivity contribution < 1.29 is 9.84 Å². The Balaban J connectivity index is 1.80. The van der Waals surface area contributed by atoms with E-state index in [0.29, 0.717) is 12.6 Å². The molecule has 1 aromatic carbocycles. The third kappa shape index (κ3) is 4.80. The summed E-state index contributed by atoms with van der Waals surface area (Å²) >= 11 is 0. The van der Waals surface area contributed by atoms with Gasteiger partial charge in [0.1, 0.15) is 5.75 Å². The van der Waals surface area contributed by atoms with Crippen LogP contribution in [-0.4, -0.2) is 30.4 Å². The largest absolute Gasteiger partial charge is 0.494 e. The van der Waals surface area contributed by atoms with Crippen LogP contribution in [-0.2, 0) is 5.41 Å². The molecule has 112 valence electrons. The Hall–Kier alpha value is -1.06. The molecule has 1 fully saturated rings. The van der Waals surface area contributed by atoms with E-state index in [2.05, 4.69) is 38.2 Å². The van der Waals surface area contributed by atoms with E-state index >= 15 is 0 Å². The van der Waals surface area contributed by atoms with Gasteiger partial charge < -0.3 is 15.2 Å². The average molecular weight is 277 g/mol. The molecule has 1 saturated carbocycles. The van der Waals surface area contributed by atoms with Gasteiger partial charge in [0.2, 0.25) is 0 Å². The Bertz CT molecular complexity index is 421. The Morgan fingerprint density at radius 1 is 1.35 bits per heavy atom. The number of aliphatic hydroxyl groups is 1. The highest BCUT2D eigenvalue weighted by atomic mass is 16.5. The van der Waals surface area contributed by atoms with Crippen LogP contribution in [0.3, 0.4) is 0 Å². The molecule has 0 saturated heterocycles. The molecule has 1 aliphatic carbocycles. The van der Waals surface area contributed by atoms with Gasteiger partial charge in [-0.2, -0.15) is 0 Å². The van der Waals surface area contributed by atoms with Gasteiger partial charge in [-0.05, 0) is 42.4 Å². The topological polar surface area (TPSA) is 41.5 Å². The van der Waals surface area contributed by atoms with E-state index in [1.807, 2.05) is 12.1 Å². The van der Waals surface area contributed by atoms with Gasteiger partial charge in [0, 0.05) is 12.1 Å². The Morgan fingerprint density at radius 2 is 2.10 bits per heavy atom. The maximum Gasteiger partial charge on any atom is 0.119 e. The van der Waals surface area contributed by atoms with Crippen molar-refractivity contribution in [1.82, 2.24) is 5.32 Å². The van der Waals surface area contributed by atoms with Gasteiger partial charge in [0.15, 0.2) is 0 Å². The van der Waals surface area contributed by atoms with Crippen LogP contribution in [0.2, 0.25) is 0 Å². The minimum absolute atomic E-state index is 0.139. The van der Waals surface area contributed by atoms with Crippen LogP contribution in [0.25, 0.3) is 0 Å². The monoisotopic (exact) mass is 277 g/mol. The zero-order chi connectivity index (χ0) is 14.6. The van der Waals surface area contributed by atoms with Crippen LogP contribution in [0, 0.1) is 0 Å². The average Bonchev–Trinajstić information content (AvgIpc) is 3.21. The fourth-order valence-electron chi connectivity index (χ4n) is 2.18. The Labute approximate surface area is 122 Å². The number of rotatable bonds is 7. The molecule has 1 unspecified atom stereocenters. The molecule has 1 atom stereocenters. The summed E-state index contributed by atoms with van der Waals surface area (Å²) in [5.74, 6) is 0.917. The smallest absolute Gasteiger partial charge is 0.119 e. The summed E-state index contributed by atoms with van der Waals surface area (Å²) in [7, 11) is 0. The lowest BCUT2D eigenvalue weighted by atomic mass is 9.87. The van der Waals surface area contributed by atoms with Crippen LogP contribution >= 0.6 is 0 Å². The van der Waals surface area contributed by atoms with Gasteiger partial charge in [0.25, 0.3) is 0 Å². The molecule has 0 radical (unpaired) electrons. The number of benzene rings is 1. The van der Waals surface area contributed by atoms with Crippen molar-refractivity contribution in [3.63, 3.8) is 0 Å². The summed E-state index contributed by atoms with van der Waals surface area (Å²) in [4.78, 5) is 0. The molecular formula is C17H27NO2. The summed E-state index contributed by atoms with van der Waals surface area (Å²) in [5, 5.41) is 12.8. The summed E-state index contributed by atoms with van der Waals surface area (Å²) in [6.45, 7) is 7.43. The molecule has 2 rings (SSSR count). The van der Waals surface area contributed by atoms with Crippen LogP contribution in [0.15, 0.2) is 24.3 Å². The first-order valence-electron chi connectivity index (χ1n) is 7.59. The summed E-state index contributed by atoms with van der Waals surface area (Å²) in [6.07, 6.45) is 3.32. The molecule has 3 nitrogen and oxygen atoms in total. The van der Waals surface area contributed by atoms with Crippen molar-refractivity contribution in [3.05, 3.63) is 29.8 Å². The van der Waals surface area contributed by atoms with Gasteiger partial charge in [-0.25, -0.2) is 0 Å².